The maximum Gasteiger partial charge on any atom is 0.256 e. The number of benzene rings is 2. The molecule has 1 aliphatic rings. The molecule has 0 atom stereocenters. The molecule has 0 bridgehead atoms. The number of hydrogen-bond acceptors (Lipinski definition) is 2. The largest absolute Gasteiger partial charge is 0.337 e. The van der Waals surface area contributed by atoms with Gasteiger partial charge in [0, 0.05) is 19.6 Å². The Balaban J connectivity index is 0.00000208. The van der Waals surface area contributed by atoms with Crippen molar-refractivity contribution in [2.45, 2.75) is 6.42 Å². The van der Waals surface area contributed by atoms with Gasteiger partial charge in [0.15, 0.2) is 0 Å². The molecule has 1 amide bonds. The summed E-state index contributed by atoms with van der Waals surface area (Å²) in [5.74, 6) is -1.17. The summed E-state index contributed by atoms with van der Waals surface area (Å²) in [6.45, 7) is 2.81. The average molecular weight is 353 g/mol. The molecule has 0 saturated carbocycles. The monoisotopic (exact) mass is 352 g/mol. The van der Waals surface area contributed by atoms with Crippen molar-refractivity contribution in [3.8, 4) is 11.1 Å². The number of nitrogens with zero attached hydrogens (tertiary/aromatic N) is 1. The summed E-state index contributed by atoms with van der Waals surface area (Å²) in [6, 6.07) is 10.4. The Morgan fingerprint density at radius 2 is 1.67 bits per heavy atom. The molecule has 1 saturated heterocycles. The predicted octanol–water partition coefficient (Wildman–Crippen LogP) is 3.49. The van der Waals surface area contributed by atoms with E-state index in [2.05, 4.69) is 5.32 Å². The number of nitrogens with one attached hydrogen (secondary N) is 1. The molecule has 24 heavy (non-hydrogen) atoms. The normalized spacial score (nSPS) is 14.7. The van der Waals surface area contributed by atoms with Gasteiger partial charge in [0.05, 0.1) is 5.56 Å². The standard InChI is InChI=1S/C18H18F2N2O.ClH/c19-15-5-2-13(3-6-15)14-4-7-16(17(20)12-14)18(23)22-10-1-8-21-9-11-22;/h2-7,12,21H,1,8-11H2;1H. The minimum atomic E-state index is -0.547. The molecule has 0 unspecified atom stereocenters. The SMILES string of the molecule is Cl.O=C(c1ccc(-c2ccc(F)cc2)cc1F)N1CCCNCC1. The van der Waals surface area contributed by atoms with Gasteiger partial charge in [-0.05, 0) is 48.4 Å². The van der Waals surface area contributed by atoms with Crippen LogP contribution in [0.5, 0.6) is 0 Å². The second-order valence-electron chi connectivity index (χ2n) is 5.60. The topological polar surface area (TPSA) is 32.3 Å². The van der Waals surface area contributed by atoms with E-state index in [-0.39, 0.29) is 29.7 Å². The summed E-state index contributed by atoms with van der Waals surface area (Å²) in [4.78, 5) is 14.2. The van der Waals surface area contributed by atoms with Gasteiger partial charge in [-0.2, -0.15) is 0 Å². The molecule has 0 aliphatic carbocycles. The Labute approximate surface area is 146 Å². The van der Waals surface area contributed by atoms with E-state index in [0.29, 0.717) is 24.2 Å². The Morgan fingerprint density at radius 3 is 2.38 bits per heavy atom. The summed E-state index contributed by atoms with van der Waals surface area (Å²) >= 11 is 0. The molecule has 0 aromatic heterocycles. The first-order chi connectivity index (χ1) is 11.1. The minimum Gasteiger partial charge on any atom is -0.337 e. The molecule has 0 spiro atoms. The molecule has 1 heterocycles. The Kier molecular flexibility index (Phi) is 6.29. The van der Waals surface area contributed by atoms with Crippen LogP contribution in [0.4, 0.5) is 8.78 Å². The Hall–Kier alpha value is -1.98. The molecule has 0 radical (unpaired) electrons. The summed E-state index contributed by atoms with van der Waals surface area (Å²) in [5, 5.41) is 3.22. The highest BCUT2D eigenvalue weighted by molar-refractivity contribution is 5.95. The van der Waals surface area contributed by atoms with Crippen molar-refractivity contribution in [3.63, 3.8) is 0 Å². The van der Waals surface area contributed by atoms with Gasteiger partial charge in [0.25, 0.3) is 5.91 Å². The lowest BCUT2D eigenvalue weighted by atomic mass is 10.0. The van der Waals surface area contributed by atoms with Gasteiger partial charge in [-0.3, -0.25) is 4.79 Å². The van der Waals surface area contributed by atoms with E-state index < -0.39 is 5.82 Å². The van der Waals surface area contributed by atoms with Crippen molar-refractivity contribution in [1.82, 2.24) is 10.2 Å². The maximum atomic E-state index is 14.4. The fraction of sp³-hybridized carbons (Fsp3) is 0.278. The number of amides is 1. The van der Waals surface area contributed by atoms with Gasteiger partial charge in [0.2, 0.25) is 0 Å². The number of halogens is 3. The number of carbonyl (C=O) groups excluding carboxylic acids is 1. The molecular weight excluding hydrogens is 334 g/mol. The molecule has 3 nitrogen and oxygen atoms in total. The summed E-state index contributed by atoms with van der Waals surface area (Å²) in [7, 11) is 0. The van der Waals surface area contributed by atoms with E-state index in [0.717, 1.165) is 19.5 Å². The van der Waals surface area contributed by atoms with Crippen LogP contribution in [-0.2, 0) is 0 Å². The van der Waals surface area contributed by atoms with E-state index in [1.54, 1.807) is 23.1 Å². The smallest absolute Gasteiger partial charge is 0.256 e. The molecule has 1 aliphatic heterocycles. The van der Waals surface area contributed by atoms with Crippen LogP contribution in [0.25, 0.3) is 11.1 Å². The first-order valence-electron chi connectivity index (χ1n) is 7.70. The zero-order chi connectivity index (χ0) is 16.2. The highest BCUT2D eigenvalue weighted by Crippen LogP contribution is 2.23. The van der Waals surface area contributed by atoms with Crippen LogP contribution < -0.4 is 5.32 Å². The van der Waals surface area contributed by atoms with Crippen molar-refractivity contribution in [1.29, 1.82) is 0 Å². The quantitative estimate of drug-likeness (QED) is 0.897. The van der Waals surface area contributed by atoms with Crippen LogP contribution in [0.1, 0.15) is 16.8 Å². The van der Waals surface area contributed by atoms with E-state index in [1.165, 1.54) is 24.3 Å². The molecule has 2 aromatic rings. The van der Waals surface area contributed by atoms with Gasteiger partial charge in [-0.25, -0.2) is 8.78 Å². The first kappa shape index (κ1) is 18.4. The third-order valence-corrected chi connectivity index (χ3v) is 4.00. The molecule has 128 valence electrons. The molecule has 1 fully saturated rings. The van der Waals surface area contributed by atoms with Gasteiger partial charge < -0.3 is 10.2 Å². The van der Waals surface area contributed by atoms with Crippen molar-refractivity contribution >= 4 is 18.3 Å². The first-order valence-corrected chi connectivity index (χ1v) is 7.70. The number of carbonyl (C=O) groups is 1. The average Bonchev–Trinajstić information content (AvgIpc) is 2.84. The number of rotatable bonds is 2. The van der Waals surface area contributed by atoms with Gasteiger partial charge >= 0.3 is 0 Å². The fourth-order valence-electron chi connectivity index (χ4n) is 2.73. The van der Waals surface area contributed by atoms with E-state index in [1.807, 2.05) is 0 Å². The third-order valence-electron chi connectivity index (χ3n) is 4.00. The van der Waals surface area contributed by atoms with Crippen LogP contribution in [0.3, 0.4) is 0 Å². The van der Waals surface area contributed by atoms with Crippen molar-refractivity contribution in [3.05, 3.63) is 59.7 Å². The predicted molar refractivity (Wildman–Crippen MR) is 92.4 cm³/mol. The van der Waals surface area contributed by atoms with Gasteiger partial charge in [-0.1, -0.05) is 18.2 Å². The summed E-state index contributed by atoms with van der Waals surface area (Å²) in [5.41, 5.74) is 1.41. The van der Waals surface area contributed by atoms with Crippen LogP contribution in [0.2, 0.25) is 0 Å². The molecule has 6 heteroatoms. The zero-order valence-electron chi connectivity index (χ0n) is 13.1. The Morgan fingerprint density at radius 1 is 0.958 bits per heavy atom. The lowest BCUT2D eigenvalue weighted by molar-refractivity contribution is 0.0761. The highest BCUT2D eigenvalue weighted by atomic mass is 35.5. The fourth-order valence-corrected chi connectivity index (χ4v) is 2.73. The van der Waals surface area contributed by atoms with E-state index in [4.69, 9.17) is 0 Å². The minimum absolute atomic E-state index is 0. The van der Waals surface area contributed by atoms with E-state index in [9.17, 15) is 13.6 Å². The lowest BCUT2D eigenvalue weighted by Gasteiger charge is -2.20. The molecule has 2 aromatic carbocycles. The second-order valence-corrected chi connectivity index (χ2v) is 5.60. The Bertz CT molecular complexity index is 699. The maximum absolute atomic E-state index is 14.4. The van der Waals surface area contributed by atoms with Crippen LogP contribution in [-0.4, -0.2) is 37.0 Å². The van der Waals surface area contributed by atoms with Crippen molar-refractivity contribution in [2.24, 2.45) is 0 Å². The van der Waals surface area contributed by atoms with Crippen molar-refractivity contribution < 1.29 is 13.6 Å². The van der Waals surface area contributed by atoms with Crippen LogP contribution in [0.15, 0.2) is 42.5 Å². The summed E-state index contributed by atoms with van der Waals surface area (Å²) < 4.78 is 27.3. The van der Waals surface area contributed by atoms with Crippen LogP contribution >= 0.6 is 12.4 Å². The van der Waals surface area contributed by atoms with Gasteiger partial charge in [-0.15, -0.1) is 12.4 Å². The molecular formula is C18H19ClF2N2O. The van der Waals surface area contributed by atoms with E-state index >= 15 is 0 Å². The van der Waals surface area contributed by atoms with Gasteiger partial charge in [0.1, 0.15) is 11.6 Å². The number of hydrogen-bond donors (Lipinski definition) is 1. The molecule has 1 N–H and O–H groups in total. The summed E-state index contributed by atoms with van der Waals surface area (Å²) in [6.07, 6.45) is 0.862. The zero-order valence-corrected chi connectivity index (χ0v) is 13.9. The highest BCUT2D eigenvalue weighted by Gasteiger charge is 2.20. The van der Waals surface area contributed by atoms with Crippen molar-refractivity contribution in [2.75, 3.05) is 26.2 Å². The third kappa shape index (κ3) is 4.10. The second kappa shape index (κ2) is 8.22. The molecule has 3 rings (SSSR count). The lowest BCUT2D eigenvalue weighted by Crippen LogP contribution is -2.34. The van der Waals surface area contributed by atoms with Crippen LogP contribution in [0, 0.1) is 11.6 Å².